The number of anilines is 2. The highest BCUT2D eigenvalue weighted by Crippen LogP contribution is 2.23. The van der Waals surface area contributed by atoms with Crippen LogP contribution in [0.3, 0.4) is 0 Å². The van der Waals surface area contributed by atoms with Crippen molar-refractivity contribution in [3.63, 3.8) is 0 Å². The standard InChI is InChI=1S/C17H22N4O/c1-13-11-17(19-14(2)18-13)21-9-7-20(8-10-21)15-5-4-6-16(12-15)22-3/h4-6,11-12H,7-10H2,1-3H3. The second-order valence-electron chi connectivity index (χ2n) is 5.59. The van der Waals surface area contributed by atoms with E-state index >= 15 is 0 Å². The molecular weight excluding hydrogens is 276 g/mol. The summed E-state index contributed by atoms with van der Waals surface area (Å²) in [6.07, 6.45) is 0. The van der Waals surface area contributed by atoms with E-state index in [1.165, 1.54) is 5.69 Å². The van der Waals surface area contributed by atoms with Gasteiger partial charge < -0.3 is 14.5 Å². The second kappa shape index (κ2) is 6.22. The van der Waals surface area contributed by atoms with Crippen molar-refractivity contribution in [3.05, 3.63) is 41.9 Å². The van der Waals surface area contributed by atoms with Gasteiger partial charge in [0, 0.05) is 49.7 Å². The number of hydrogen-bond acceptors (Lipinski definition) is 5. The first kappa shape index (κ1) is 14.6. The lowest BCUT2D eigenvalue weighted by molar-refractivity contribution is 0.414. The second-order valence-corrected chi connectivity index (χ2v) is 5.59. The predicted octanol–water partition coefficient (Wildman–Crippen LogP) is 2.43. The van der Waals surface area contributed by atoms with E-state index in [1.807, 2.05) is 26.0 Å². The Morgan fingerprint density at radius 3 is 2.36 bits per heavy atom. The summed E-state index contributed by atoms with van der Waals surface area (Å²) < 4.78 is 5.31. The van der Waals surface area contributed by atoms with Gasteiger partial charge in [0.15, 0.2) is 0 Å². The molecule has 0 bridgehead atoms. The predicted molar refractivity (Wildman–Crippen MR) is 88.9 cm³/mol. The summed E-state index contributed by atoms with van der Waals surface area (Å²) in [5, 5.41) is 0. The molecule has 3 rings (SSSR count). The van der Waals surface area contributed by atoms with Gasteiger partial charge in [0.05, 0.1) is 7.11 Å². The van der Waals surface area contributed by atoms with E-state index in [2.05, 4.69) is 38.0 Å². The van der Waals surface area contributed by atoms with E-state index in [1.54, 1.807) is 7.11 Å². The fourth-order valence-corrected chi connectivity index (χ4v) is 2.86. The van der Waals surface area contributed by atoms with Crippen LogP contribution in [0.15, 0.2) is 30.3 Å². The number of ether oxygens (including phenoxy) is 1. The summed E-state index contributed by atoms with van der Waals surface area (Å²) in [4.78, 5) is 13.6. The fraction of sp³-hybridized carbons (Fsp3) is 0.412. The van der Waals surface area contributed by atoms with Gasteiger partial charge in [0.2, 0.25) is 0 Å². The fourth-order valence-electron chi connectivity index (χ4n) is 2.86. The number of rotatable bonds is 3. The Bertz CT molecular complexity index is 631. The molecule has 116 valence electrons. The summed E-state index contributed by atoms with van der Waals surface area (Å²) >= 11 is 0. The van der Waals surface area contributed by atoms with Gasteiger partial charge in [-0.2, -0.15) is 0 Å². The van der Waals surface area contributed by atoms with Crippen LogP contribution in [0.5, 0.6) is 5.75 Å². The van der Waals surface area contributed by atoms with Gasteiger partial charge >= 0.3 is 0 Å². The Balaban J connectivity index is 1.69. The molecule has 0 atom stereocenters. The quantitative estimate of drug-likeness (QED) is 0.870. The van der Waals surface area contributed by atoms with Gasteiger partial charge in [-0.25, -0.2) is 9.97 Å². The van der Waals surface area contributed by atoms with E-state index in [-0.39, 0.29) is 0 Å². The molecule has 0 radical (unpaired) electrons. The van der Waals surface area contributed by atoms with Crippen LogP contribution in [0.4, 0.5) is 11.5 Å². The minimum Gasteiger partial charge on any atom is -0.497 e. The summed E-state index contributed by atoms with van der Waals surface area (Å²) in [5.74, 6) is 2.78. The number of piperazine rings is 1. The summed E-state index contributed by atoms with van der Waals surface area (Å²) in [6.45, 7) is 7.86. The summed E-state index contributed by atoms with van der Waals surface area (Å²) in [7, 11) is 1.71. The maximum atomic E-state index is 5.31. The molecular formula is C17H22N4O. The van der Waals surface area contributed by atoms with E-state index in [9.17, 15) is 0 Å². The summed E-state index contributed by atoms with van der Waals surface area (Å²) in [5.41, 5.74) is 2.24. The topological polar surface area (TPSA) is 41.5 Å². The molecule has 1 aromatic heterocycles. The zero-order valence-electron chi connectivity index (χ0n) is 13.4. The van der Waals surface area contributed by atoms with Gasteiger partial charge in [-0.1, -0.05) is 6.07 Å². The zero-order chi connectivity index (χ0) is 15.5. The Hall–Kier alpha value is -2.30. The minimum atomic E-state index is 0.838. The molecule has 5 nitrogen and oxygen atoms in total. The molecule has 0 N–H and O–H groups in total. The number of aryl methyl sites for hydroxylation is 2. The molecule has 22 heavy (non-hydrogen) atoms. The molecule has 1 aromatic carbocycles. The highest BCUT2D eigenvalue weighted by Gasteiger charge is 2.19. The number of methoxy groups -OCH3 is 1. The number of hydrogen-bond donors (Lipinski definition) is 0. The first-order chi connectivity index (χ1) is 10.7. The smallest absolute Gasteiger partial charge is 0.132 e. The number of benzene rings is 1. The highest BCUT2D eigenvalue weighted by molar-refractivity contribution is 5.52. The molecule has 0 unspecified atom stereocenters. The largest absolute Gasteiger partial charge is 0.497 e. The number of aromatic nitrogens is 2. The monoisotopic (exact) mass is 298 g/mol. The zero-order valence-corrected chi connectivity index (χ0v) is 13.4. The van der Waals surface area contributed by atoms with Crippen molar-refractivity contribution in [1.82, 2.24) is 9.97 Å². The third kappa shape index (κ3) is 3.13. The third-order valence-corrected chi connectivity index (χ3v) is 3.97. The molecule has 1 aliphatic heterocycles. The van der Waals surface area contributed by atoms with Crippen LogP contribution < -0.4 is 14.5 Å². The molecule has 1 fully saturated rings. The highest BCUT2D eigenvalue weighted by atomic mass is 16.5. The van der Waals surface area contributed by atoms with E-state index in [0.717, 1.165) is 49.3 Å². The Kier molecular flexibility index (Phi) is 4.13. The Labute approximate surface area is 131 Å². The van der Waals surface area contributed by atoms with Crippen molar-refractivity contribution in [2.75, 3.05) is 43.1 Å². The molecule has 0 amide bonds. The third-order valence-electron chi connectivity index (χ3n) is 3.97. The van der Waals surface area contributed by atoms with Crippen molar-refractivity contribution < 1.29 is 4.74 Å². The first-order valence-electron chi connectivity index (χ1n) is 7.62. The van der Waals surface area contributed by atoms with Crippen molar-refractivity contribution >= 4 is 11.5 Å². The van der Waals surface area contributed by atoms with Crippen LogP contribution in [-0.4, -0.2) is 43.3 Å². The molecule has 1 aliphatic rings. The molecule has 0 aliphatic carbocycles. The van der Waals surface area contributed by atoms with Crippen molar-refractivity contribution in [2.45, 2.75) is 13.8 Å². The van der Waals surface area contributed by atoms with Crippen LogP contribution in [0, 0.1) is 13.8 Å². The molecule has 0 saturated carbocycles. The van der Waals surface area contributed by atoms with Gasteiger partial charge in [-0.3, -0.25) is 0 Å². The van der Waals surface area contributed by atoms with Gasteiger partial charge in [0.25, 0.3) is 0 Å². The van der Waals surface area contributed by atoms with Gasteiger partial charge in [-0.05, 0) is 26.0 Å². The molecule has 0 spiro atoms. The normalized spacial score (nSPS) is 15.0. The van der Waals surface area contributed by atoms with Crippen molar-refractivity contribution in [2.24, 2.45) is 0 Å². The molecule has 1 saturated heterocycles. The van der Waals surface area contributed by atoms with Crippen LogP contribution in [0.2, 0.25) is 0 Å². The van der Waals surface area contributed by atoms with Crippen LogP contribution in [0.1, 0.15) is 11.5 Å². The maximum Gasteiger partial charge on any atom is 0.132 e. The van der Waals surface area contributed by atoms with Crippen molar-refractivity contribution in [3.8, 4) is 5.75 Å². The minimum absolute atomic E-state index is 0.838. The van der Waals surface area contributed by atoms with Crippen LogP contribution >= 0.6 is 0 Å². The van der Waals surface area contributed by atoms with Crippen LogP contribution in [0.25, 0.3) is 0 Å². The van der Waals surface area contributed by atoms with Crippen LogP contribution in [-0.2, 0) is 0 Å². The Morgan fingerprint density at radius 1 is 0.955 bits per heavy atom. The van der Waals surface area contributed by atoms with E-state index < -0.39 is 0 Å². The lowest BCUT2D eigenvalue weighted by Crippen LogP contribution is -2.46. The maximum absolute atomic E-state index is 5.31. The average molecular weight is 298 g/mol. The van der Waals surface area contributed by atoms with Crippen molar-refractivity contribution in [1.29, 1.82) is 0 Å². The van der Waals surface area contributed by atoms with Gasteiger partial charge in [0.1, 0.15) is 17.4 Å². The SMILES string of the molecule is COc1cccc(N2CCN(c3cc(C)nc(C)n3)CC2)c1. The van der Waals surface area contributed by atoms with E-state index in [0.29, 0.717) is 0 Å². The lowest BCUT2D eigenvalue weighted by Gasteiger charge is -2.37. The average Bonchev–Trinajstić information content (AvgIpc) is 2.54. The molecule has 2 heterocycles. The van der Waals surface area contributed by atoms with Gasteiger partial charge in [-0.15, -0.1) is 0 Å². The first-order valence-corrected chi connectivity index (χ1v) is 7.62. The lowest BCUT2D eigenvalue weighted by atomic mass is 10.2. The molecule has 2 aromatic rings. The number of nitrogens with zero attached hydrogens (tertiary/aromatic N) is 4. The summed E-state index contributed by atoms with van der Waals surface area (Å²) in [6, 6.07) is 10.3. The Morgan fingerprint density at radius 2 is 1.68 bits per heavy atom. The van der Waals surface area contributed by atoms with E-state index in [4.69, 9.17) is 4.74 Å². The molecule has 5 heteroatoms.